The molecule has 17 heavy (non-hydrogen) atoms. The molecule has 3 nitrogen and oxygen atoms in total. The van der Waals surface area contributed by atoms with Crippen LogP contribution < -0.4 is 0 Å². The first kappa shape index (κ1) is 15.3. The summed E-state index contributed by atoms with van der Waals surface area (Å²) in [5.41, 5.74) is 0. The largest absolute Gasteiger partial charge is 0.252 e. The Morgan fingerprint density at radius 2 is 2.18 bits per heavy atom. The van der Waals surface area contributed by atoms with Crippen LogP contribution >= 0.6 is 34.7 Å². The van der Waals surface area contributed by atoms with Crippen molar-refractivity contribution in [1.82, 2.24) is 4.31 Å². The Labute approximate surface area is 116 Å². The van der Waals surface area contributed by atoms with Crippen molar-refractivity contribution < 1.29 is 8.42 Å². The maximum atomic E-state index is 12.3. The van der Waals surface area contributed by atoms with Crippen molar-refractivity contribution in [1.29, 1.82) is 0 Å². The Kier molecular flexibility index (Phi) is 5.79. The second-order valence-corrected chi connectivity index (χ2v) is 8.25. The minimum absolute atomic E-state index is 0.0171. The maximum Gasteiger partial charge on any atom is 0.252 e. The van der Waals surface area contributed by atoms with E-state index in [-0.39, 0.29) is 6.04 Å². The fourth-order valence-corrected chi connectivity index (χ4v) is 5.10. The molecule has 1 aromatic heterocycles. The Balaban J connectivity index is 2.94. The summed E-state index contributed by atoms with van der Waals surface area (Å²) in [6.07, 6.45) is 1.97. The molecule has 1 aromatic rings. The molecule has 0 amide bonds. The lowest BCUT2D eigenvalue weighted by atomic mass is 10.4. The molecule has 0 fully saturated rings. The van der Waals surface area contributed by atoms with Gasteiger partial charge in [0.2, 0.25) is 0 Å². The molecule has 0 radical (unpaired) electrons. The summed E-state index contributed by atoms with van der Waals surface area (Å²) in [6, 6.07) is 3.37. The van der Waals surface area contributed by atoms with Crippen molar-refractivity contribution in [2.45, 2.75) is 23.1 Å². The van der Waals surface area contributed by atoms with Crippen LogP contribution in [-0.2, 0) is 15.9 Å². The summed E-state index contributed by atoms with van der Waals surface area (Å²) >= 11 is 8.55. The Morgan fingerprint density at radius 3 is 2.65 bits per heavy atom. The predicted octanol–water partition coefficient (Wildman–Crippen LogP) is 2.86. The highest BCUT2D eigenvalue weighted by Gasteiger charge is 2.26. The van der Waals surface area contributed by atoms with Gasteiger partial charge in [-0.1, -0.05) is 0 Å². The van der Waals surface area contributed by atoms with Crippen LogP contribution in [0.3, 0.4) is 0 Å². The molecular weight excluding hydrogens is 298 g/mol. The summed E-state index contributed by atoms with van der Waals surface area (Å²) < 4.78 is 26.3. The van der Waals surface area contributed by atoms with Gasteiger partial charge in [0, 0.05) is 23.7 Å². The molecule has 0 saturated heterocycles. The quantitative estimate of drug-likeness (QED) is 0.758. The average molecular weight is 314 g/mol. The molecule has 1 atom stereocenters. The molecule has 0 spiro atoms. The van der Waals surface area contributed by atoms with Crippen LogP contribution in [0.1, 0.15) is 11.8 Å². The van der Waals surface area contributed by atoms with Gasteiger partial charge in [0.05, 0.1) is 5.88 Å². The third kappa shape index (κ3) is 3.61. The average Bonchev–Trinajstić information content (AvgIpc) is 2.77. The summed E-state index contributed by atoms with van der Waals surface area (Å²) in [5.74, 6) is 1.13. The molecular formula is C10H16ClNO2S3. The van der Waals surface area contributed by atoms with Crippen LogP contribution in [0.5, 0.6) is 0 Å². The van der Waals surface area contributed by atoms with Crippen LogP contribution in [0.15, 0.2) is 16.3 Å². The summed E-state index contributed by atoms with van der Waals surface area (Å²) in [5, 5.41) is 0. The lowest BCUT2D eigenvalue weighted by molar-refractivity contribution is 0.416. The van der Waals surface area contributed by atoms with E-state index in [0.29, 0.717) is 10.1 Å². The molecule has 1 rings (SSSR count). The van der Waals surface area contributed by atoms with E-state index in [1.807, 2.05) is 13.2 Å². The number of halogens is 1. The first-order chi connectivity index (χ1) is 7.93. The number of thiophene rings is 1. The lowest BCUT2D eigenvalue weighted by Crippen LogP contribution is -2.36. The number of hydrogen-bond acceptors (Lipinski definition) is 4. The first-order valence-electron chi connectivity index (χ1n) is 5.05. The van der Waals surface area contributed by atoms with E-state index in [4.69, 9.17) is 11.6 Å². The van der Waals surface area contributed by atoms with Gasteiger partial charge >= 0.3 is 0 Å². The highest BCUT2D eigenvalue weighted by atomic mass is 35.5. The fourth-order valence-electron chi connectivity index (χ4n) is 1.29. The van der Waals surface area contributed by atoms with Gasteiger partial charge in [0.15, 0.2) is 0 Å². The smallest absolute Gasteiger partial charge is 0.206 e. The Hall–Kier alpha value is 0.250. The van der Waals surface area contributed by atoms with Crippen molar-refractivity contribution in [3.8, 4) is 0 Å². The molecule has 98 valence electrons. The van der Waals surface area contributed by atoms with Gasteiger partial charge < -0.3 is 0 Å². The van der Waals surface area contributed by atoms with Crippen LogP contribution in [-0.4, -0.2) is 37.8 Å². The number of nitrogens with zero attached hydrogens (tertiary/aromatic N) is 1. The van der Waals surface area contributed by atoms with Gasteiger partial charge in [0.25, 0.3) is 10.0 Å². The lowest BCUT2D eigenvalue weighted by Gasteiger charge is -2.22. The van der Waals surface area contributed by atoms with E-state index < -0.39 is 10.0 Å². The Morgan fingerprint density at radius 1 is 1.53 bits per heavy atom. The number of alkyl halides is 1. The highest BCUT2D eigenvalue weighted by Crippen LogP contribution is 2.26. The van der Waals surface area contributed by atoms with Crippen molar-refractivity contribution in [2.24, 2.45) is 0 Å². The van der Waals surface area contributed by atoms with Gasteiger partial charge in [-0.25, -0.2) is 8.42 Å². The minimum Gasteiger partial charge on any atom is -0.206 e. The fraction of sp³-hybridized carbons (Fsp3) is 0.600. The first-order valence-corrected chi connectivity index (χ1v) is 9.23. The van der Waals surface area contributed by atoms with Crippen molar-refractivity contribution >= 4 is 44.7 Å². The van der Waals surface area contributed by atoms with Crippen LogP contribution in [0.2, 0.25) is 0 Å². The molecule has 0 N–H and O–H groups in total. The molecule has 1 heterocycles. The van der Waals surface area contributed by atoms with Crippen LogP contribution in [0.4, 0.5) is 0 Å². The second kappa shape index (κ2) is 6.43. The number of hydrogen-bond donors (Lipinski definition) is 0. The minimum atomic E-state index is -3.37. The van der Waals surface area contributed by atoms with Crippen molar-refractivity contribution in [2.75, 3.05) is 19.1 Å². The summed E-state index contributed by atoms with van der Waals surface area (Å²) in [7, 11) is -1.75. The van der Waals surface area contributed by atoms with Gasteiger partial charge in [0.1, 0.15) is 4.21 Å². The molecule has 1 unspecified atom stereocenters. The molecule has 0 bridgehead atoms. The van der Waals surface area contributed by atoms with Gasteiger partial charge in [-0.15, -0.1) is 22.9 Å². The third-order valence-corrected chi connectivity index (χ3v) is 7.22. The monoisotopic (exact) mass is 313 g/mol. The third-order valence-electron chi connectivity index (χ3n) is 2.43. The van der Waals surface area contributed by atoms with E-state index in [9.17, 15) is 8.42 Å². The SMILES string of the molecule is CSCC(C)N(C)S(=O)(=O)c1ccc(CCl)s1. The highest BCUT2D eigenvalue weighted by molar-refractivity contribution is 7.98. The van der Waals surface area contributed by atoms with E-state index in [2.05, 4.69) is 0 Å². The van der Waals surface area contributed by atoms with Crippen molar-refractivity contribution in [3.05, 3.63) is 17.0 Å². The van der Waals surface area contributed by atoms with E-state index in [0.717, 1.165) is 10.6 Å². The van der Waals surface area contributed by atoms with Gasteiger partial charge in [-0.05, 0) is 25.3 Å². The molecule has 0 aliphatic heterocycles. The van der Waals surface area contributed by atoms with Gasteiger partial charge in [-0.2, -0.15) is 16.1 Å². The Bertz CT molecular complexity index is 458. The number of thioether (sulfide) groups is 1. The van der Waals surface area contributed by atoms with E-state index >= 15 is 0 Å². The second-order valence-electron chi connectivity index (χ2n) is 3.68. The zero-order valence-corrected chi connectivity index (χ0v) is 13.2. The van der Waals surface area contributed by atoms with Crippen LogP contribution in [0, 0.1) is 0 Å². The van der Waals surface area contributed by atoms with Crippen LogP contribution in [0.25, 0.3) is 0 Å². The molecule has 0 aliphatic carbocycles. The molecule has 0 aromatic carbocycles. The number of rotatable bonds is 6. The summed E-state index contributed by atoms with van der Waals surface area (Å²) in [6.45, 7) is 1.91. The molecule has 7 heteroatoms. The maximum absolute atomic E-state index is 12.3. The molecule has 0 aliphatic rings. The normalized spacial score (nSPS) is 14.2. The number of sulfonamides is 1. The standard InChI is InChI=1S/C10H16ClNO2S3/c1-8(7-15-3)12(2)17(13,14)10-5-4-9(6-11)16-10/h4-5,8H,6-7H2,1-3H3. The van der Waals surface area contributed by atoms with Crippen molar-refractivity contribution in [3.63, 3.8) is 0 Å². The van der Waals surface area contributed by atoms with Gasteiger partial charge in [-0.3, -0.25) is 0 Å². The molecule has 0 saturated carbocycles. The summed E-state index contributed by atoms with van der Waals surface area (Å²) in [4.78, 5) is 0.871. The zero-order valence-electron chi connectivity index (χ0n) is 10.0. The van der Waals surface area contributed by atoms with E-state index in [1.165, 1.54) is 15.6 Å². The predicted molar refractivity (Wildman–Crippen MR) is 76.7 cm³/mol. The topological polar surface area (TPSA) is 37.4 Å². The van der Waals surface area contributed by atoms with E-state index in [1.54, 1.807) is 30.9 Å². The zero-order chi connectivity index (χ0) is 13.1.